The number of Topliss-reactive ketones (excluding diaryl/α,β-unsaturated/α-hetero) is 1. The number of amides is 1. The summed E-state index contributed by atoms with van der Waals surface area (Å²) in [7, 11) is 1.57. The largest absolute Gasteiger partial charge is 0.385 e. The number of hydrogen-bond donors (Lipinski definition) is 1. The van der Waals surface area contributed by atoms with Crippen molar-refractivity contribution in [2.45, 2.75) is 13.3 Å². The van der Waals surface area contributed by atoms with Gasteiger partial charge in [0.15, 0.2) is 11.7 Å². The first-order valence-corrected chi connectivity index (χ1v) is 6.37. The molecule has 0 aliphatic rings. The van der Waals surface area contributed by atoms with Crippen LogP contribution in [-0.4, -0.2) is 32.0 Å². The quantitative estimate of drug-likeness (QED) is 0.464. The van der Waals surface area contributed by atoms with Crippen LogP contribution in [0.3, 0.4) is 0 Å². The number of carbonyl (C=O) groups excluding carboxylic acids is 2. The Balaban J connectivity index is 2.65. The molecule has 20 heavy (non-hydrogen) atoms. The summed E-state index contributed by atoms with van der Waals surface area (Å²) in [6.45, 7) is 2.80. The van der Waals surface area contributed by atoms with Gasteiger partial charge < -0.3 is 10.1 Å². The number of aryl methyl sites for hydroxylation is 1. The summed E-state index contributed by atoms with van der Waals surface area (Å²) < 4.78 is 4.86. The Hall–Kier alpha value is -2.19. The Morgan fingerprint density at radius 1 is 1.35 bits per heavy atom. The maximum atomic E-state index is 12.1. The number of hydrogen-bond acceptors (Lipinski definition) is 4. The van der Waals surface area contributed by atoms with Gasteiger partial charge in [0.2, 0.25) is 5.91 Å². The van der Waals surface area contributed by atoms with Crippen molar-refractivity contribution in [3.05, 3.63) is 35.4 Å². The normalized spacial score (nSPS) is 11.4. The van der Waals surface area contributed by atoms with E-state index in [2.05, 4.69) is 5.32 Å². The summed E-state index contributed by atoms with van der Waals surface area (Å²) in [6.07, 6.45) is 0.638. The van der Waals surface area contributed by atoms with Gasteiger partial charge in [0.1, 0.15) is 0 Å². The third-order valence-corrected chi connectivity index (χ3v) is 2.81. The molecule has 0 unspecified atom stereocenters. The predicted molar refractivity (Wildman–Crippen MR) is 74.1 cm³/mol. The van der Waals surface area contributed by atoms with Gasteiger partial charge in [0, 0.05) is 25.8 Å². The third kappa shape index (κ3) is 4.48. The van der Waals surface area contributed by atoms with Crippen LogP contribution in [0.2, 0.25) is 0 Å². The number of methoxy groups -OCH3 is 1. The van der Waals surface area contributed by atoms with E-state index in [0.29, 0.717) is 25.1 Å². The minimum absolute atomic E-state index is 0.370. The Kier molecular flexibility index (Phi) is 6.41. The summed E-state index contributed by atoms with van der Waals surface area (Å²) in [5, 5.41) is 11.6. The lowest BCUT2D eigenvalue weighted by Gasteiger charge is -2.09. The molecule has 0 aliphatic heterocycles. The van der Waals surface area contributed by atoms with Crippen LogP contribution in [0.25, 0.3) is 0 Å². The number of ether oxygens (including phenoxy) is 1. The van der Waals surface area contributed by atoms with E-state index >= 15 is 0 Å². The molecule has 0 saturated carbocycles. The van der Waals surface area contributed by atoms with E-state index in [-0.39, 0.29) is 0 Å². The first kappa shape index (κ1) is 15.9. The molecule has 0 aromatic heterocycles. The van der Waals surface area contributed by atoms with Crippen molar-refractivity contribution < 1.29 is 14.3 Å². The molecule has 1 N–H and O–H groups in total. The zero-order valence-corrected chi connectivity index (χ0v) is 11.7. The highest BCUT2D eigenvalue weighted by Gasteiger charge is 2.26. The highest BCUT2D eigenvalue weighted by molar-refractivity contribution is 6.12. The molecule has 0 fully saturated rings. The number of ketones is 1. The highest BCUT2D eigenvalue weighted by Crippen LogP contribution is 2.10. The van der Waals surface area contributed by atoms with Crippen molar-refractivity contribution >= 4 is 11.7 Å². The molecule has 1 atom stereocenters. The van der Waals surface area contributed by atoms with Crippen molar-refractivity contribution in [1.82, 2.24) is 5.32 Å². The molecule has 0 spiro atoms. The number of nitrogens with zero attached hydrogens (tertiary/aromatic N) is 1. The minimum atomic E-state index is -1.31. The van der Waals surface area contributed by atoms with E-state index in [4.69, 9.17) is 10.00 Å². The molecule has 0 bridgehead atoms. The monoisotopic (exact) mass is 274 g/mol. The summed E-state index contributed by atoms with van der Waals surface area (Å²) >= 11 is 0. The SMILES string of the molecule is COCCCNC(=O)[C@H](C#N)C(=O)c1ccc(C)cc1. The lowest BCUT2D eigenvalue weighted by atomic mass is 9.97. The first-order chi connectivity index (χ1) is 9.60. The number of rotatable bonds is 7. The molecule has 1 amide bonds. The molecule has 0 saturated heterocycles. The number of nitriles is 1. The van der Waals surface area contributed by atoms with Gasteiger partial charge in [0.25, 0.3) is 0 Å². The average Bonchev–Trinajstić information content (AvgIpc) is 2.45. The average molecular weight is 274 g/mol. The summed E-state index contributed by atoms with van der Waals surface area (Å²) in [4.78, 5) is 23.9. The zero-order chi connectivity index (χ0) is 15.0. The first-order valence-electron chi connectivity index (χ1n) is 6.37. The zero-order valence-electron chi connectivity index (χ0n) is 11.7. The van der Waals surface area contributed by atoms with Gasteiger partial charge in [-0.25, -0.2) is 0 Å². The van der Waals surface area contributed by atoms with E-state index < -0.39 is 17.6 Å². The standard InChI is InChI=1S/C15H18N2O3/c1-11-4-6-12(7-5-11)14(18)13(10-16)15(19)17-8-3-9-20-2/h4-7,13H,3,8-9H2,1-2H3,(H,17,19)/t13-/m1/s1. The van der Waals surface area contributed by atoms with E-state index in [9.17, 15) is 9.59 Å². The van der Waals surface area contributed by atoms with Crippen LogP contribution in [0.5, 0.6) is 0 Å². The highest BCUT2D eigenvalue weighted by atomic mass is 16.5. The van der Waals surface area contributed by atoms with Crippen LogP contribution in [-0.2, 0) is 9.53 Å². The number of nitrogens with one attached hydrogen (secondary N) is 1. The molecule has 0 radical (unpaired) electrons. The Labute approximate surface area is 118 Å². The summed E-state index contributed by atoms with van der Waals surface area (Å²) in [5.41, 5.74) is 1.38. The van der Waals surface area contributed by atoms with Gasteiger partial charge >= 0.3 is 0 Å². The van der Waals surface area contributed by atoms with Gasteiger partial charge in [-0.3, -0.25) is 9.59 Å². The van der Waals surface area contributed by atoms with Crippen LogP contribution in [0.4, 0.5) is 0 Å². The lowest BCUT2D eigenvalue weighted by Crippen LogP contribution is -2.35. The van der Waals surface area contributed by atoms with Crippen LogP contribution < -0.4 is 5.32 Å². The van der Waals surface area contributed by atoms with Gasteiger partial charge in [-0.1, -0.05) is 29.8 Å². The van der Waals surface area contributed by atoms with Crippen molar-refractivity contribution in [1.29, 1.82) is 5.26 Å². The molecule has 1 aromatic rings. The summed E-state index contributed by atoms with van der Waals surface area (Å²) in [5.74, 6) is -2.34. The van der Waals surface area contributed by atoms with Crippen LogP contribution in [0, 0.1) is 24.2 Å². The van der Waals surface area contributed by atoms with E-state index in [1.165, 1.54) is 0 Å². The molecule has 106 valence electrons. The molecule has 0 heterocycles. The van der Waals surface area contributed by atoms with Crippen LogP contribution in [0.1, 0.15) is 22.3 Å². The smallest absolute Gasteiger partial charge is 0.245 e. The van der Waals surface area contributed by atoms with E-state index in [0.717, 1.165) is 5.56 Å². The maximum absolute atomic E-state index is 12.1. The van der Waals surface area contributed by atoms with Gasteiger partial charge in [0.05, 0.1) is 6.07 Å². The molecule has 5 nitrogen and oxygen atoms in total. The Bertz CT molecular complexity index is 503. The molecule has 0 aliphatic carbocycles. The van der Waals surface area contributed by atoms with Crippen molar-refractivity contribution in [2.75, 3.05) is 20.3 Å². The summed E-state index contributed by atoms with van der Waals surface area (Å²) in [6, 6.07) is 8.57. The van der Waals surface area contributed by atoms with Gasteiger partial charge in [-0.05, 0) is 13.3 Å². The topological polar surface area (TPSA) is 79.2 Å². The molecule has 1 rings (SSSR count). The fourth-order valence-corrected chi connectivity index (χ4v) is 1.65. The third-order valence-electron chi connectivity index (χ3n) is 2.81. The second kappa shape index (κ2) is 8.08. The number of carbonyl (C=O) groups is 2. The fraction of sp³-hybridized carbons (Fsp3) is 0.400. The Morgan fingerprint density at radius 3 is 2.55 bits per heavy atom. The molecular weight excluding hydrogens is 256 g/mol. The van der Waals surface area contributed by atoms with Crippen LogP contribution in [0.15, 0.2) is 24.3 Å². The van der Waals surface area contributed by atoms with Gasteiger partial charge in [-0.15, -0.1) is 0 Å². The minimum Gasteiger partial charge on any atom is -0.385 e. The predicted octanol–water partition coefficient (Wildman–Crippen LogP) is 1.47. The fourth-order valence-electron chi connectivity index (χ4n) is 1.65. The second-order valence-corrected chi connectivity index (χ2v) is 4.43. The van der Waals surface area contributed by atoms with E-state index in [1.807, 2.05) is 6.92 Å². The van der Waals surface area contributed by atoms with E-state index in [1.54, 1.807) is 37.4 Å². The van der Waals surface area contributed by atoms with Crippen molar-refractivity contribution in [3.8, 4) is 6.07 Å². The molecular formula is C15H18N2O3. The lowest BCUT2D eigenvalue weighted by molar-refractivity contribution is -0.122. The Morgan fingerprint density at radius 2 is 2.00 bits per heavy atom. The maximum Gasteiger partial charge on any atom is 0.245 e. The van der Waals surface area contributed by atoms with Crippen molar-refractivity contribution in [3.63, 3.8) is 0 Å². The van der Waals surface area contributed by atoms with Gasteiger partial charge in [-0.2, -0.15) is 5.26 Å². The molecule has 1 aromatic carbocycles. The number of benzene rings is 1. The van der Waals surface area contributed by atoms with Crippen molar-refractivity contribution in [2.24, 2.45) is 5.92 Å². The second-order valence-electron chi connectivity index (χ2n) is 4.43. The van der Waals surface area contributed by atoms with Crippen LogP contribution >= 0.6 is 0 Å². The molecule has 5 heteroatoms.